The topological polar surface area (TPSA) is 38.9 Å². The van der Waals surface area contributed by atoms with E-state index in [0.29, 0.717) is 10.7 Å². The van der Waals surface area contributed by atoms with Gasteiger partial charge in [-0.05, 0) is 12.1 Å². The van der Waals surface area contributed by atoms with Crippen molar-refractivity contribution in [1.29, 1.82) is 0 Å². The summed E-state index contributed by atoms with van der Waals surface area (Å²) in [4.78, 5) is 3.86. The molecule has 0 aromatic carbocycles. The quantitative estimate of drug-likeness (QED) is 0.820. The summed E-state index contributed by atoms with van der Waals surface area (Å²) >= 11 is 5.64. The molecular weight excluding hydrogens is 198 g/mol. The van der Waals surface area contributed by atoms with Crippen LogP contribution in [0, 0.1) is 0 Å². The Morgan fingerprint density at radius 2 is 2.23 bits per heavy atom. The van der Waals surface area contributed by atoms with Crippen LogP contribution in [-0.2, 0) is 6.42 Å². The predicted octanol–water partition coefficient (Wildman–Crippen LogP) is 1.87. The summed E-state index contributed by atoms with van der Waals surface area (Å²) in [6.07, 6.45) is -1.02. The van der Waals surface area contributed by atoms with Gasteiger partial charge >= 0.3 is 0 Å². The van der Waals surface area contributed by atoms with Gasteiger partial charge < -0.3 is 5.73 Å². The highest BCUT2D eigenvalue weighted by atomic mass is 35.5. The van der Waals surface area contributed by atoms with Gasteiger partial charge in [-0.25, -0.2) is 8.78 Å². The van der Waals surface area contributed by atoms with Crippen LogP contribution in [0.2, 0.25) is 5.02 Å². The summed E-state index contributed by atoms with van der Waals surface area (Å²) in [5.74, 6) is 0. The molecule has 13 heavy (non-hydrogen) atoms. The lowest BCUT2D eigenvalue weighted by Crippen LogP contribution is -2.31. The number of rotatable bonds is 3. The molecule has 0 aliphatic carbocycles. The Bertz CT molecular complexity index is 281. The summed E-state index contributed by atoms with van der Waals surface area (Å²) in [5, 5.41) is 0.478. The highest BCUT2D eigenvalue weighted by molar-refractivity contribution is 6.30. The molecule has 1 heterocycles. The van der Waals surface area contributed by atoms with Crippen LogP contribution in [0.4, 0.5) is 8.78 Å². The zero-order chi connectivity index (χ0) is 9.84. The van der Waals surface area contributed by atoms with Gasteiger partial charge in [0.2, 0.25) is 0 Å². The molecule has 1 unspecified atom stereocenters. The number of pyridine rings is 1. The van der Waals surface area contributed by atoms with E-state index in [4.69, 9.17) is 17.3 Å². The Balaban J connectivity index is 2.64. The van der Waals surface area contributed by atoms with Gasteiger partial charge in [0, 0.05) is 23.3 Å². The minimum absolute atomic E-state index is 0.0399. The molecule has 2 N–H and O–H groups in total. The molecule has 1 atom stereocenters. The Morgan fingerprint density at radius 3 is 2.77 bits per heavy atom. The van der Waals surface area contributed by atoms with Crippen LogP contribution < -0.4 is 5.73 Å². The number of nitrogens with zero attached hydrogens (tertiary/aromatic N) is 1. The van der Waals surface area contributed by atoms with E-state index in [1.807, 2.05) is 0 Å². The van der Waals surface area contributed by atoms with Gasteiger partial charge in [0.05, 0.1) is 6.04 Å². The maximum atomic E-state index is 12.0. The molecule has 0 radical (unpaired) electrons. The Hall–Kier alpha value is -0.740. The Kier molecular flexibility index (Phi) is 3.57. The molecule has 0 bridgehead atoms. The van der Waals surface area contributed by atoms with E-state index in [9.17, 15) is 8.78 Å². The first-order valence-corrected chi connectivity index (χ1v) is 4.11. The first-order valence-electron chi connectivity index (χ1n) is 3.74. The fraction of sp³-hybridized carbons (Fsp3) is 0.375. The fourth-order valence-electron chi connectivity index (χ4n) is 0.891. The van der Waals surface area contributed by atoms with Gasteiger partial charge in [-0.1, -0.05) is 11.6 Å². The summed E-state index contributed by atoms with van der Waals surface area (Å²) in [7, 11) is 0. The van der Waals surface area contributed by atoms with E-state index in [0.717, 1.165) is 0 Å². The molecule has 5 heteroatoms. The molecule has 1 aromatic rings. The molecule has 0 aliphatic heterocycles. The second-order valence-corrected chi connectivity index (χ2v) is 3.10. The van der Waals surface area contributed by atoms with Crippen LogP contribution in [0.3, 0.4) is 0 Å². The third-order valence-electron chi connectivity index (χ3n) is 1.55. The van der Waals surface area contributed by atoms with Crippen LogP contribution in [0.1, 0.15) is 5.69 Å². The molecule has 0 aliphatic rings. The standard InChI is InChI=1S/C8H9ClF2N2/c9-5-1-2-13-6(3-5)4-7(12)8(10)11/h1-3,7-8H,4,12H2. The van der Waals surface area contributed by atoms with E-state index in [2.05, 4.69) is 4.98 Å². The predicted molar refractivity (Wildman–Crippen MR) is 46.9 cm³/mol. The summed E-state index contributed by atoms with van der Waals surface area (Å²) in [5.41, 5.74) is 5.65. The molecule has 0 spiro atoms. The lowest BCUT2D eigenvalue weighted by molar-refractivity contribution is 0.115. The lowest BCUT2D eigenvalue weighted by atomic mass is 10.1. The van der Waals surface area contributed by atoms with Gasteiger partial charge in [0.15, 0.2) is 0 Å². The van der Waals surface area contributed by atoms with Crippen molar-refractivity contribution in [2.45, 2.75) is 18.9 Å². The number of nitrogens with two attached hydrogens (primary N) is 1. The molecular formula is C8H9ClF2N2. The van der Waals surface area contributed by atoms with Gasteiger partial charge in [0.25, 0.3) is 6.43 Å². The molecule has 1 aromatic heterocycles. The smallest absolute Gasteiger partial charge is 0.253 e. The van der Waals surface area contributed by atoms with Gasteiger partial charge in [-0.15, -0.1) is 0 Å². The SMILES string of the molecule is NC(Cc1cc(Cl)ccn1)C(F)F. The van der Waals surface area contributed by atoms with Crippen LogP contribution in [-0.4, -0.2) is 17.5 Å². The average molecular weight is 207 g/mol. The molecule has 0 fully saturated rings. The normalized spacial score (nSPS) is 13.3. The monoisotopic (exact) mass is 206 g/mol. The van der Waals surface area contributed by atoms with E-state index in [1.165, 1.54) is 12.3 Å². The maximum Gasteiger partial charge on any atom is 0.253 e. The first-order chi connectivity index (χ1) is 6.09. The lowest BCUT2D eigenvalue weighted by Gasteiger charge is -2.09. The molecule has 0 amide bonds. The van der Waals surface area contributed by atoms with Crippen LogP contribution in [0.25, 0.3) is 0 Å². The second-order valence-electron chi connectivity index (χ2n) is 2.67. The van der Waals surface area contributed by atoms with Crippen molar-refractivity contribution >= 4 is 11.6 Å². The zero-order valence-electron chi connectivity index (χ0n) is 6.75. The molecule has 2 nitrogen and oxygen atoms in total. The molecule has 1 rings (SSSR count). The molecule has 0 saturated heterocycles. The Labute approximate surface area is 79.7 Å². The second kappa shape index (κ2) is 4.48. The van der Waals surface area contributed by atoms with Crippen molar-refractivity contribution in [3.8, 4) is 0 Å². The van der Waals surface area contributed by atoms with E-state index < -0.39 is 12.5 Å². The third-order valence-corrected chi connectivity index (χ3v) is 1.78. The largest absolute Gasteiger partial charge is 0.323 e. The maximum absolute atomic E-state index is 12.0. The first kappa shape index (κ1) is 10.3. The summed E-state index contributed by atoms with van der Waals surface area (Å²) < 4.78 is 24.1. The molecule has 72 valence electrons. The zero-order valence-corrected chi connectivity index (χ0v) is 7.51. The van der Waals surface area contributed by atoms with E-state index >= 15 is 0 Å². The van der Waals surface area contributed by atoms with Crippen molar-refractivity contribution in [2.24, 2.45) is 5.73 Å². The number of aromatic nitrogens is 1. The Morgan fingerprint density at radius 1 is 1.54 bits per heavy atom. The van der Waals surface area contributed by atoms with E-state index in [1.54, 1.807) is 6.07 Å². The van der Waals surface area contributed by atoms with Crippen LogP contribution in [0.5, 0.6) is 0 Å². The summed E-state index contributed by atoms with van der Waals surface area (Å²) in [6, 6.07) is 1.94. The van der Waals surface area contributed by atoms with Crippen LogP contribution in [0.15, 0.2) is 18.3 Å². The number of alkyl halides is 2. The highest BCUT2D eigenvalue weighted by Crippen LogP contribution is 2.11. The average Bonchev–Trinajstić information content (AvgIpc) is 2.04. The number of halogens is 3. The minimum Gasteiger partial charge on any atom is -0.323 e. The van der Waals surface area contributed by atoms with Crippen LogP contribution >= 0.6 is 11.6 Å². The van der Waals surface area contributed by atoms with Crippen molar-refractivity contribution in [3.63, 3.8) is 0 Å². The van der Waals surface area contributed by atoms with Crippen molar-refractivity contribution in [1.82, 2.24) is 4.98 Å². The van der Waals surface area contributed by atoms with Gasteiger partial charge in [-0.2, -0.15) is 0 Å². The number of hydrogen-bond acceptors (Lipinski definition) is 2. The van der Waals surface area contributed by atoms with Crippen molar-refractivity contribution < 1.29 is 8.78 Å². The van der Waals surface area contributed by atoms with Crippen molar-refractivity contribution in [2.75, 3.05) is 0 Å². The van der Waals surface area contributed by atoms with E-state index in [-0.39, 0.29) is 6.42 Å². The number of hydrogen-bond donors (Lipinski definition) is 1. The highest BCUT2D eigenvalue weighted by Gasteiger charge is 2.15. The minimum atomic E-state index is -2.53. The molecule has 0 saturated carbocycles. The third kappa shape index (κ3) is 3.24. The van der Waals surface area contributed by atoms with Gasteiger partial charge in [0.1, 0.15) is 0 Å². The summed E-state index contributed by atoms with van der Waals surface area (Å²) in [6.45, 7) is 0. The van der Waals surface area contributed by atoms with Crippen molar-refractivity contribution in [3.05, 3.63) is 29.0 Å². The van der Waals surface area contributed by atoms with Gasteiger partial charge in [-0.3, -0.25) is 4.98 Å². The fourth-order valence-corrected chi connectivity index (χ4v) is 1.07.